The van der Waals surface area contributed by atoms with Gasteiger partial charge in [-0.2, -0.15) is 5.26 Å². The fraction of sp³-hybridized carbons (Fsp3) is 0.250. The van der Waals surface area contributed by atoms with Crippen molar-refractivity contribution >= 4 is 22.5 Å². The maximum atomic E-state index is 13.5. The zero-order valence-corrected chi connectivity index (χ0v) is 16.8. The van der Waals surface area contributed by atoms with Gasteiger partial charge in [-0.1, -0.05) is 24.3 Å². The van der Waals surface area contributed by atoms with E-state index in [0.717, 1.165) is 59.7 Å². The molecule has 0 amide bonds. The summed E-state index contributed by atoms with van der Waals surface area (Å²) in [6, 6.07) is 17.0. The van der Waals surface area contributed by atoms with Crippen molar-refractivity contribution in [2.45, 2.75) is 13.3 Å². The summed E-state index contributed by atoms with van der Waals surface area (Å²) in [6.45, 7) is 5.57. The first-order chi connectivity index (χ1) is 14.7. The van der Waals surface area contributed by atoms with E-state index in [9.17, 15) is 9.65 Å². The molecule has 0 atom stereocenters. The number of hydrogen-bond donors (Lipinski definition) is 1. The van der Waals surface area contributed by atoms with Gasteiger partial charge in [0, 0.05) is 38.2 Å². The molecule has 0 radical (unpaired) electrons. The van der Waals surface area contributed by atoms with E-state index >= 15 is 0 Å². The number of para-hydroxylation sites is 2. The maximum absolute atomic E-state index is 13.5. The highest BCUT2D eigenvalue weighted by molar-refractivity contribution is 5.86. The van der Waals surface area contributed by atoms with Crippen LogP contribution in [0.3, 0.4) is 0 Å². The lowest BCUT2D eigenvalue weighted by molar-refractivity contribution is 0.582. The van der Waals surface area contributed by atoms with Gasteiger partial charge in [0.2, 0.25) is 0 Å². The number of nitrogens with zero attached hydrogens (tertiary/aromatic N) is 4. The third-order valence-electron chi connectivity index (χ3n) is 5.92. The molecule has 6 heteroatoms. The van der Waals surface area contributed by atoms with Crippen molar-refractivity contribution in [3.05, 3.63) is 76.6 Å². The summed E-state index contributed by atoms with van der Waals surface area (Å²) in [6.07, 6.45) is 0.627. The number of rotatable bonds is 3. The third-order valence-corrected chi connectivity index (χ3v) is 5.92. The van der Waals surface area contributed by atoms with Gasteiger partial charge in [-0.15, -0.1) is 0 Å². The number of pyridine rings is 1. The number of hydrogen-bond acceptors (Lipinski definition) is 4. The van der Waals surface area contributed by atoms with Crippen LogP contribution in [0.15, 0.2) is 48.5 Å². The fourth-order valence-electron chi connectivity index (χ4n) is 4.39. The number of anilines is 1. The molecule has 2 aromatic heterocycles. The van der Waals surface area contributed by atoms with Crippen LogP contribution < -0.4 is 10.2 Å². The van der Waals surface area contributed by atoms with Crippen LogP contribution in [0.4, 0.5) is 10.2 Å². The number of aromatic nitrogens is 2. The van der Waals surface area contributed by atoms with E-state index in [1.807, 2.05) is 37.3 Å². The molecule has 2 aromatic carbocycles. The third kappa shape index (κ3) is 2.99. The Morgan fingerprint density at radius 3 is 2.57 bits per heavy atom. The number of nitriles is 1. The van der Waals surface area contributed by atoms with Gasteiger partial charge in [0.1, 0.15) is 17.7 Å². The molecule has 0 bridgehead atoms. The molecule has 1 fully saturated rings. The van der Waals surface area contributed by atoms with Gasteiger partial charge in [-0.05, 0) is 42.3 Å². The summed E-state index contributed by atoms with van der Waals surface area (Å²) >= 11 is 0. The average Bonchev–Trinajstić information content (AvgIpc) is 3.15. The molecule has 4 aromatic rings. The molecule has 1 saturated heterocycles. The van der Waals surface area contributed by atoms with Crippen LogP contribution in [0.1, 0.15) is 22.3 Å². The Bertz CT molecular complexity index is 1280. The van der Waals surface area contributed by atoms with Crippen LogP contribution in [0, 0.1) is 24.1 Å². The first kappa shape index (κ1) is 18.6. The number of piperazine rings is 1. The SMILES string of the molecule is Cc1c(Cc2ccc(F)cc2)c(N2CCNCC2)n2c(nc3ccccc32)c1C#N. The predicted octanol–water partition coefficient (Wildman–Crippen LogP) is 3.81. The van der Waals surface area contributed by atoms with Crippen LogP contribution in [0.5, 0.6) is 0 Å². The standard InChI is InChI=1S/C24H22FN5/c1-16-19(14-17-6-8-18(25)9-7-17)24(29-12-10-27-11-13-29)30-22-5-3-2-4-21(22)28-23(30)20(16)15-26/h2-9,27H,10-14H2,1H3. The second kappa shape index (κ2) is 7.43. The van der Waals surface area contributed by atoms with Crippen LogP contribution in [-0.2, 0) is 6.42 Å². The van der Waals surface area contributed by atoms with Crippen molar-refractivity contribution in [2.75, 3.05) is 31.1 Å². The molecule has 5 nitrogen and oxygen atoms in total. The van der Waals surface area contributed by atoms with Crippen molar-refractivity contribution in [3.63, 3.8) is 0 Å². The summed E-state index contributed by atoms with van der Waals surface area (Å²) in [5.41, 5.74) is 6.23. The molecule has 1 N–H and O–H groups in total. The zero-order valence-electron chi connectivity index (χ0n) is 16.8. The van der Waals surface area contributed by atoms with Gasteiger partial charge in [0.25, 0.3) is 0 Å². The summed E-state index contributed by atoms with van der Waals surface area (Å²) < 4.78 is 15.6. The molecule has 30 heavy (non-hydrogen) atoms. The van der Waals surface area contributed by atoms with Gasteiger partial charge in [-0.25, -0.2) is 9.37 Å². The molecule has 0 unspecified atom stereocenters. The minimum Gasteiger partial charge on any atom is -0.355 e. The highest BCUT2D eigenvalue weighted by Crippen LogP contribution is 2.34. The maximum Gasteiger partial charge on any atom is 0.157 e. The highest BCUT2D eigenvalue weighted by Gasteiger charge is 2.25. The number of benzene rings is 2. The van der Waals surface area contributed by atoms with E-state index in [-0.39, 0.29) is 5.82 Å². The summed E-state index contributed by atoms with van der Waals surface area (Å²) in [5, 5.41) is 13.4. The number of nitrogens with one attached hydrogen (secondary N) is 1. The quantitative estimate of drug-likeness (QED) is 0.569. The van der Waals surface area contributed by atoms with E-state index in [4.69, 9.17) is 4.98 Å². The Labute approximate surface area is 174 Å². The molecular formula is C24H22FN5. The van der Waals surface area contributed by atoms with E-state index in [1.165, 1.54) is 12.1 Å². The van der Waals surface area contributed by atoms with Crippen LogP contribution >= 0.6 is 0 Å². The Hall–Kier alpha value is -3.43. The van der Waals surface area contributed by atoms with E-state index in [0.29, 0.717) is 17.6 Å². The van der Waals surface area contributed by atoms with Gasteiger partial charge in [0.15, 0.2) is 5.65 Å². The molecule has 0 spiro atoms. The van der Waals surface area contributed by atoms with Crippen molar-refractivity contribution in [1.29, 1.82) is 5.26 Å². The molecule has 3 heterocycles. The van der Waals surface area contributed by atoms with Crippen molar-refractivity contribution in [3.8, 4) is 6.07 Å². The predicted molar refractivity (Wildman–Crippen MR) is 116 cm³/mol. The second-order valence-corrected chi connectivity index (χ2v) is 7.71. The molecule has 0 aliphatic carbocycles. The number of halogens is 1. The van der Waals surface area contributed by atoms with E-state index < -0.39 is 0 Å². The van der Waals surface area contributed by atoms with Crippen molar-refractivity contribution in [1.82, 2.24) is 14.7 Å². The molecule has 5 rings (SSSR count). The fourth-order valence-corrected chi connectivity index (χ4v) is 4.39. The van der Waals surface area contributed by atoms with Crippen LogP contribution in [0.25, 0.3) is 16.7 Å². The highest BCUT2D eigenvalue weighted by atomic mass is 19.1. The van der Waals surface area contributed by atoms with E-state index in [2.05, 4.69) is 26.8 Å². The Morgan fingerprint density at radius 2 is 1.83 bits per heavy atom. The summed E-state index contributed by atoms with van der Waals surface area (Å²) in [5.74, 6) is 0.840. The average molecular weight is 399 g/mol. The minimum absolute atomic E-state index is 0.244. The molecule has 150 valence electrons. The Morgan fingerprint density at radius 1 is 1.10 bits per heavy atom. The zero-order chi connectivity index (χ0) is 20.7. The minimum atomic E-state index is -0.244. The Kier molecular flexibility index (Phi) is 4.61. The largest absolute Gasteiger partial charge is 0.355 e. The lowest BCUT2D eigenvalue weighted by atomic mass is 9.97. The van der Waals surface area contributed by atoms with Gasteiger partial charge < -0.3 is 10.2 Å². The number of fused-ring (bicyclic) bond motifs is 3. The van der Waals surface area contributed by atoms with Crippen LogP contribution in [-0.4, -0.2) is 35.6 Å². The van der Waals surface area contributed by atoms with Gasteiger partial charge in [-0.3, -0.25) is 4.40 Å². The summed E-state index contributed by atoms with van der Waals surface area (Å²) in [4.78, 5) is 7.19. The monoisotopic (exact) mass is 399 g/mol. The smallest absolute Gasteiger partial charge is 0.157 e. The van der Waals surface area contributed by atoms with Crippen molar-refractivity contribution < 1.29 is 4.39 Å². The van der Waals surface area contributed by atoms with Gasteiger partial charge in [0.05, 0.1) is 16.6 Å². The summed E-state index contributed by atoms with van der Waals surface area (Å²) in [7, 11) is 0. The lowest BCUT2D eigenvalue weighted by Crippen LogP contribution is -2.44. The first-order valence-corrected chi connectivity index (χ1v) is 10.2. The molecule has 1 aliphatic rings. The molecular weight excluding hydrogens is 377 g/mol. The molecule has 0 saturated carbocycles. The second-order valence-electron chi connectivity index (χ2n) is 7.71. The van der Waals surface area contributed by atoms with E-state index in [1.54, 1.807) is 0 Å². The molecule has 1 aliphatic heterocycles. The topological polar surface area (TPSA) is 56.4 Å². The first-order valence-electron chi connectivity index (χ1n) is 10.2. The Balaban J connectivity index is 1.84. The van der Waals surface area contributed by atoms with Crippen LogP contribution in [0.2, 0.25) is 0 Å². The van der Waals surface area contributed by atoms with Crippen molar-refractivity contribution in [2.24, 2.45) is 0 Å². The van der Waals surface area contributed by atoms with Gasteiger partial charge >= 0.3 is 0 Å². The normalized spacial score (nSPS) is 14.4. The number of imidazole rings is 1. The lowest BCUT2D eigenvalue weighted by Gasteiger charge is -2.33.